The molecule has 0 saturated heterocycles. The second-order valence-corrected chi connectivity index (χ2v) is 6.80. The predicted octanol–water partition coefficient (Wildman–Crippen LogP) is 3.96. The summed E-state index contributed by atoms with van der Waals surface area (Å²) < 4.78 is 0. The lowest BCUT2D eigenvalue weighted by Gasteiger charge is -2.08. The molecule has 0 bridgehead atoms. The highest BCUT2D eigenvalue weighted by atomic mass is 32.1. The molecule has 0 spiro atoms. The van der Waals surface area contributed by atoms with Crippen LogP contribution in [0.25, 0.3) is 0 Å². The van der Waals surface area contributed by atoms with Crippen LogP contribution in [0.2, 0.25) is 0 Å². The van der Waals surface area contributed by atoms with Crippen molar-refractivity contribution in [1.29, 1.82) is 0 Å². The van der Waals surface area contributed by atoms with Crippen molar-refractivity contribution in [3.8, 4) is 0 Å². The Morgan fingerprint density at radius 2 is 2.18 bits per heavy atom. The quantitative estimate of drug-likeness (QED) is 0.889. The van der Waals surface area contributed by atoms with Crippen molar-refractivity contribution in [2.75, 3.05) is 0 Å². The molecule has 0 aliphatic heterocycles. The number of hydrogen-bond donors (Lipinski definition) is 1. The number of rotatable bonds is 3. The van der Waals surface area contributed by atoms with E-state index >= 15 is 0 Å². The molecule has 1 N–H and O–H groups in total. The van der Waals surface area contributed by atoms with Crippen LogP contribution in [-0.2, 0) is 19.3 Å². The Hall–Kier alpha value is -0.640. The largest absolute Gasteiger partial charge is 0.387 e. The van der Waals surface area contributed by atoms with E-state index in [1.807, 2.05) is 17.4 Å². The summed E-state index contributed by atoms with van der Waals surface area (Å²) in [6, 6.07) is 6.38. The van der Waals surface area contributed by atoms with E-state index in [2.05, 4.69) is 17.5 Å². The number of aliphatic hydroxyl groups excluding tert-OH is 1. The Labute approximate surface area is 110 Å². The first-order valence-corrected chi connectivity index (χ1v) is 7.84. The Bertz CT molecular complexity index is 461. The first-order chi connectivity index (χ1) is 8.33. The molecule has 1 aliphatic carbocycles. The van der Waals surface area contributed by atoms with E-state index in [0.29, 0.717) is 0 Å². The van der Waals surface area contributed by atoms with Gasteiger partial charge in [-0.25, -0.2) is 0 Å². The molecule has 1 nitrogen and oxygen atoms in total. The molecule has 2 aromatic rings. The monoisotopic (exact) mass is 264 g/mol. The first kappa shape index (κ1) is 11.5. The minimum Gasteiger partial charge on any atom is -0.387 e. The molecule has 17 heavy (non-hydrogen) atoms. The fraction of sp³-hybridized carbons (Fsp3) is 0.429. The molecule has 3 heteroatoms. The molecule has 0 radical (unpaired) electrons. The molecule has 3 rings (SSSR count). The van der Waals surface area contributed by atoms with E-state index in [0.717, 1.165) is 11.3 Å². The highest BCUT2D eigenvalue weighted by Gasteiger charge is 2.18. The van der Waals surface area contributed by atoms with E-state index < -0.39 is 0 Å². The standard InChI is InChI=1S/C14H16OS2/c15-12(9-11-5-3-7-16-11)14-8-10-4-1-2-6-13(10)17-14/h3,5,7-8,12,15H,1-2,4,6,9H2. The van der Waals surface area contributed by atoms with Gasteiger partial charge >= 0.3 is 0 Å². The van der Waals surface area contributed by atoms with E-state index in [4.69, 9.17) is 0 Å². The number of aliphatic hydroxyl groups is 1. The van der Waals surface area contributed by atoms with Gasteiger partial charge in [0.2, 0.25) is 0 Å². The molecular weight excluding hydrogens is 248 g/mol. The second kappa shape index (κ2) is 4.92. The van der Waals surface area contributed by atoms with Crippen molar-refractivity contribution < 1.29 is 5.11 Å². The zero-order chi connectivity index (χ0) is 11.7. The normalized spacial score (nSPS) is 16.8. The summed E-state index contributed by atoms with van der Waals surface area (Å²) in [6.45, 7) is 0. The van der Waals surface area contributed by atoms with Gasteiger partial charge in [0.1, 0.15) is 0 Å². The minimum absolute atomic E-state index is 0.316. The minimum atomic E-state index is -0.316. The highest BCUT2D eigenvalue weighted by molar-refractivity contribution is 7.12. The van der Waals surface area contributed by atoms with Gasteiger partial charge in [0.05, 0.1) is 6.10 Å². The number of aryl methyl sites for hydroxylation is 2. The van der Waals surface area contributed by atoms with Gasteiger partial charge in [0, 0.05) is 21.1 Å². The average Bonchev–Trinajstić information content (AvgIpc) is 2.96. The van der Waals surface area contributed by atoms with Crippen LogP contribution < -0.4 is 0 Å². The summed E-state index contributed by atoms with van der Waals surface area (Å²) in [7, 11) is 0. The van der Waals surface area contributed by atoms with Crippen molar-refractivity contribution in [1.82, 2.24) is 0 Å². The molecule has 0 aromatic carbocycles. The van der Waals surface area contributed by atoms with Crippen LogP contribution in [0.4, 0.5) is 0 Å². The van der Waals surface area contributed by atoms with E-state index in [9.17, 15) is 5.11 Å². The van der Waals surface area contributed by atoms with Crippen LogP contribution in [0.15, 0.2) is 23.6 Å². The number of thiophene rings is 2. The van der Waals surface area contributed by atoms with Gasteiger partial charge in [-0.1, -0.05) is 6.07 Å². The van der Waals surface area contributed by atoms with Crippen LogP contribution in [0.1, 0.15) is 39.1 Å². The molecule has 0 amide bonds. The molecule has 1 atom stereocenters. The third kappa shape index (κ3) is 2.46. The van der Waals surface area contributed by atoms with Gasteiger partial charge in [0.25, 0.3) is 0 Å². The fourth-order valence-electron chi connectivity index (χ4n) is 2.40. The highest BCUT2D eigenvalue weighted by Crippen LogP contribution is 2.34. The Balaban J connectivity index is 1.77. The Morgan fingerprint density at radius 1 is 1.29 bits per heavy atom. The lowest BCUT2D eigenvalue weighted by Crippen LogP contribution is -1.98. The summed E-state index contributed by atoms with van der Waals surface area (Å²) in [4.78, 5) is 3.94. The first-order valence-electron chi connectivity index (χ1n) is 6.15. The molecule has 2 heterocycles. The third-order valence-electron chi connectivity index (χ3n) is 3.32. The van der Waals surface area contributed by atoms with Gasteiger partial charge in [-0.3, -0.25) is 0 Å². The maximum atomic E-state index is 10.3. The smallest absolute Gasteiger partial charge is 0.0930 e. The van der Waals surface area contributed by atoms with E-state index in [-0.39, 0.29) is 6.10 Å². The summed E-state index contributed by atoms with van der Waals surface area (Å²) in [5.74, 6) is 0. The van der Waals surface area contributed by atoms with Crippen LogP contribution >= 0.6 is 22.7 Å². The van der Waals surface area contributed by atoms with Crippen molar-refractivity contribution >= 4 is 22.7 Å². The molecule has 90 valence electrons. The van der Waals surface area contributed by atoms with Crippen LogP contribution in [-0.4, -0.2) is 5.11 Å². The van der Waals surface area contributed by atoms with Gasteiger partial charge in [-0.2, -0.15) is 0 Å². The topological polar surface area (TPSA) is 20.2 Å². The number of fused-ring (bicyclic) bond motifs is 1. The summed E-state index contributed by atoms with van der Waals surface area (Å²) in [5, 5.41) is 12.3. The van der Waals surface area contributed by atoms with E-state index in [1.165, 1.54) is 41.0 Å². The predicted molar refractivity (Wildman–Crippen MR) is 73.9 cm³/mol. The SMILES string of the molecule is OC(Cc1cccs1)c1cc2c(s1)CCCC2. The second-order valence-electron chi connectivity index (χ2n) is 4.60. The van der Waals surface area contributed by atoms with Gasteiger partial charge in [0.15, 0.2) is 0 Å². The van der Waals surface area contributed by atoms with Gasteiger partial charge < -0.3 is 5.11 Å². The Kier molecular flexibility index (Phi) is 3.32. The maximum Gasteiger partial charge on any atom is 0.0930 e. The fourth-order valence-corrected chi connectivity index (χ4v) is 4.38. The molecule has 1 aliphatic rings. The summed E-state index contributed by atoms with van der Waals surface area (Å²) >= 11 is 3.55. The van der Waals surface area contributed by atoms with Gasteiger partial charge in [-0.15, -0.1) is 22.7 Å². The van der Waals surface area contributed by atoms with Crippen molar-refractivity contribution in [3.05, 3.63) is 43.8 Å². The third-order valence-corrected chi connectivity index (χ3v) is 5.56. The molecule has 0 fully saturated rings. The zero-order valence-corrected chi connectivity index (χ0v) is 11.3. The van der Waals surface area contributed by atoms with Crippen LogP contribution in [0.3, 0.4) is 0 Å². The van der Waals surface area contributed by atoms with Crippen molar-refractivity contribution in [2.24, 2.45) is 0 Å². The Morgan fingerprint density at radius 3 is 2.94 bits per heavy atom. The molecule has 1 unspecified atom stereocenters. The summed E-state index contributed by atoms with van der Waals surface area (Å²) in [5.41, 5.74) is 1.49. The molecule has 2 aromatic heterocycles. The molecular formula is C14H16OS2. The van der Waals surface area contributed by atoms with Gasteiger partial charge in [-0.05, 0) is 48.8 Å². The lowest BCUT2D eigenvalue weighted by molar-refractivity contribution is 0.183. The van der Waals surface area contributed by atoms with Crippen LogP contribution in [0.5, 0.6) is 0 Å². The zero-order valence-electron chi connectivity index (χ0n) is 9.69. The molecule has 0 saturated carbocycles. The number of hydrogen-bond acceptors (Lipinski definition) is 3. The lowest BCUT2D eigenvalue weighted by atomic mass is 9.99. The maximum absolute atomic E-state index is 10.3. The van der Waals surface area contributed by atoms with Crippen LogP contribution in [0, 0.1) is 0 Å². The summed E-state index contributed by atoms with van der Waals surface area (Å²) in [6.07, 6.45) is 5.49. The average molecular weight is 264 g/mol. The van der Waals surface area contributed by atoms with Crippen molar-refractivity contribution in [2.45, 2.75) is 38.2 Å². The van der Waals surface area contributed by atoms with E-state index in [1.54, 1.807) is 11.3 Å². The van der Waals surface area contributed by atoms with Crippen molar-refractivity contribution in [3.63, 3.8) is 0 Å².